The summed E-state index contributed by atoms with van der Waals surface area (Å²) in [6.07, 6.45) is 2.02. The van der Waals surface area contributed by atoms with Crippen LogP contribution >= 0.6 is 0 Å². The summed E-state index contributed by atoms with van der Waals surface area (Å²) in [6.45, 7) is 10.9. The van der Waals surface area contributed by atoms with E-state index >= 15 is 0 Å². The monoisotopic (exact) mass is 384 g/mol. The van der Waals surface area contributed by atoms with Crippen molar-refractivity contribution in [1.82, 2.24) is 20.0 Å². The molecule has 0 unspecified atom stereocenters. The Morgan fingerprint density at radius 3 is 2.54 bits per heavy atom. The van der Waals surface area contributed by atoms with Crippen LogP contribution in [0.1, 0.15) is 47.8 Å². The number of hydrogen-bond acceptors (Lipinski definition) is 4. The maximum Gasteiger partial charge on any atom is 0.317 e. The van der Waals surface area contributed by atoms with Crippen molar-refractivity contribution in [1.29, 1.82) is 0 Å². The summed E-state index contributed by atoms with van der Waals surface area (Å²) in [5.74, 6) is -0.745. The van der Waals surface area contributed by atoms with Crippen LogP contribution in [0, 0.1) is 20.8 Å². The van der Waals surface area contributed by atoms with E-state index in [0.29, 0.717) is 12.1 Å². The second-order valence-electron chi connectivity index (χ2n) is 7.95. The van der Waals surface area contributed by atoms with Crippen LogP contribution in [0.25, 0.3) is 0 Å². The van der Waals surface area contributed by atoms with Crippen LogP contribution in [0.3, 0.4) is 0 Å². The maximum absolute atomic E-state index is 11.0. The first-order valence-electron chi connectivity index (χ1n) is 10.1. The fraction of sp³-hybridized carbons (Fsp3) is 0.545. The number of likely N-dealkylation sites (N-methyl/N-ethyl adjacent to an activating group) is 1. The molecule has 0 bridgehead atoms. The van der Waals surface area contributed by atoms with Gasteiger partial charge in [0.1, 0.15) is 0 Å². The second-order valence-corrected chi connectivity index (χ2v) is 7.95. The van der Waals surface area contributed by atoms with Gasteiger partial charge in [0.2, 0.25) is 0 Å². The molecule has 6 nitrogen and oxygen atoms in total. The minimum Gasteiger partial charge on any atom is -0.480 e. The van der Waals surface area contributed by atoms with Gasteiger partial charge in [0.05, 0.1) is 18.8 Å². The van der Waals surface area contributed by atoms with Crippen molar-refractivity contribution in [2.45, 2.75) is 65.7 Å². The largest absolute Gasteiger partial charge is 0.480 e. The van der Waals surface area contributed by atoms with Gasteiger partial charge in [0, 0.05) is 29.9 Å². The highest BCUT2D eigenvalue weighted by atomic mass is 16.4. The molecule has 0 atom stereocenters. The highest BCUT2D eigenvalue weighted by Crippen LogP contribution is 2.26. The van der Waals surface area contributed by atoms with Gasteiger partial charge in [0.25, 0.3) is 0 Å². The molecule has 1 aliphatic carbocycles. The van der Waals surface area contributed by atoms with Crippen molar-refractivity contribution in [3.63, 3.8) is 0 Å². The van der Waals surface area contributed by atoms with Gasteiger partial charge in [0.15, 0.2) is 0 Å². The Morgan fingerprint density at radius 1 is 1.25 bits per heavy atom. The Hall–Kier alpha value is -2.18. The SMILES string of the molecule is CCN(CC(=O)O)C1CC(NCc2c(C)nn(Cc3ccc(C)cc3)c2C)C1. The van der Waals surface area contributed by atoms with E-state index in [1.807, 2.05) is 6.92 Å². The van der Waals surface area contributed by atoms with E-state index in [1.54, 1.807) is 0 Å². The smallest absolute Gasteiger partial charge is 0.317 e. The van der Waals surface area contributed by atoms with Crippen LogP contribution in [0.4, 0.5) is 0 Å². The Morgan fingerprint density at radius 2 is 1.93 bits per heavy atom. The fourth-order valence-corrected chi connectivity index (χ4v) is 3.98. The predicted octanol–water partition coefficient (Wildman–Crippen LogP) is 2.88. The molecule has 0 radical (unpaired) electrons. The van der Waals surface area contributed by atoms with E-state index < -0.39 is 5.97 Å². The van der Waals surface area contributed by atoms with Crippen LogP contribution in [-0.4, -0.2) is 50.9 Å². The quantitative estimate of drug-likeness (QED) is 0.696. The molecule has 6 heteroatoms. The maximum atomic E-state index is 11.0. The second kappa shape index (κ2) is 8.88. The predicted molar refractivity (Wildman–Crippen MR) is 111 cm³/mol. The molecule has 1 heterocycles. The molecule has 1 fully saturated rings. The summed E-state index contributed by atoms with van der Waals surface area (Å²) in [7, 11) is 0. The Balaban J connectivity index is 1.54. The number of carboxylic acid groups (broad SMARTS) is 1. The van der Waals surface area contributed by atoms with E-state index in [1.165, 1.54) is 22.4 Å². The summed E-state index contributed by atoms with van der Waals surface area (Å²) in [5.41, 5.74) is 6.09. The third kappa shape index (κ3) is 4.80. The number of hydrogen-bond donors (Lipinski definition) is 2. The number of carboxylic acids is 1. The molecular formula is C22H32N4O2. The molecule has 0 amide bonds. The zero-order valence-electron chi connectivity index (χ0n) is 17.4. The summed E-state index contributed by atoms with van der Waals surface area (Å²) in [4.78, 5) is 13.0. The van der Waals surface area contributed by atoms with Gasteiger partial charge in [-0.3, -0.25) is 14.4 Å². The van der Waals surface area contributed by atoms with E-state index in [2.05, 4.69) is 59.9 Å². The van der Waals surface area contributed by atoms with Crippen molar-refractivity contribution in [3.8, 4) is 0 Å². The molecule has 0 saturated heterocycles. The first kappa shape index (κ1) is 20.6. The number of nitrogens with zero attached hydrogens (tertiary/aromatic N) is 3. The average molecular weight is 385 g/mol. The zero-order chi connectivity index (χ0) is 20.3. The summed E-state index contributed by atoms with van der Waals surface area (Å²) < 4.78 is 2.09. The van der Waals surface area contributed by atoms with Crippen LogP contribution < -0.4 is 5.32 Å². The first-order valence-corrected chi connectivity index (χ1v) is 10.1. The van der Waals surface area contributed by atoms with Crippen LogP contribution in [0.15, 0.2) is 24.3 Å². The Kier molecular flexibility index (Phi) is 6.52. The standard InChI is InChI=1S/C22H32N4O2/c1-5-25(14-22(27)28)20-10-19(11-20)23-12-21-16(3)24-26(17(21)4)13-18-8-6-15(2)7-9-18/h6-9,19-20,23H,5,10-14H2,1-4H3,(H,27,28). The van der Waals surface area contributed by atoms with Crippen LogP contribution in [0.2, 0.25) is 0 Å². The molecule has 1 aromatic carbocycles. The molecule has 0 spiro atoms. The lowest BCUT2D eigenvalue weighted by atomic mass is 9.85. The van der Waals surface area contributed by atoms with Gasteiger partial charge in [-0.2, -0.15) is 5.10 Å². The summed E-state index contributed by atoms with van der Waals surface area (Å²) in [6, 6.07) is 9.43. The molecule has 28 heavy (non-hydrogen) atoms. The molecule has 1 aliphatic rings. The van der Waals surface area contributed by atoms with E-state index in [0.717, 1.165) is 38.2 Å². The molecule has 1 aromatic heterocycles. The summed E-state index contributed by atoms with van der Waals surface area (Å²) in [5, 5.41) is 17.4. The fourth-order valence-electron chi connectivity index (χ4n) is 3.98. The van der Waals surface area contributed by atoms with Crippen molar-refractivity contribution in [2.75, 3.05) is 13.1 Å². The molecule has 3 rings (SSSR count). The van der Waals surface area contributed by atoms with Crippen molar-refractivity contribution in [2.24, 2.45) is 0 Å². The number of rotatable bonds is 9. The van der Waals surface area contributed by atoms with E-state index in [4.69, 9.17) is 10.2 Å². The minimum atomic E-state index is -0.745. The average Bonchev–Trinajstić information content (AvgIpc) is 2.88. The van der Waals surface area contributed by atoms with E-state index in [-0.39, 0.29) is 6.54 Å². The number of carbonyl (C=O) groups is 1. The van der Waals surface area contributed by atoms with Gasteiger partial charge in [-0.05, 0) is 45.7 Å². The number of aromatic nitrogens is 2. The number of benzene rings is 1. The number of nitrogens with one attached hydrogen (secondary N) is 1. The van der Waals surface area contributed by atoms with Crippen molar-refractivity contribution in [3.05, 3.63) is 52.3 Å². The zero-order valence-corrected chi connectivity index (χ0v) is 17.4. The normalized spacial score (nSPS) is 19.0. The molecule has 1 saturated carbocycles. The lowest BCUT2D eigenvalue weighted by Gasteiger charge is -2.42. The third-order valence-electron chi connectivity index (χ3n) is 5.93. The van der Waals surface area contributed by atoms with E-state index in [9.17, 15) is 4.79 Å². The van der Waals surface area contributed by atoms with Gasteiger partial charge in [-0.1, -0.05) is 36.8 Å². The van der Waals surface area contributed by atoms with Gasteiger partial charge in [-0.25, -0.2) is 0 Å². The Bertz CT molecular complexity index is 807. The van der Waals surface area contributed by atoms with Gasteiger partial charge < -0.3 is 10.4 Å². The van der Waals surface area contributed by atoms with Gasteiger partial charge in [-0.15, -0.1) is 0 Å². The Labute approximate surface area is 167 Å². The highest BCUT2D eigenvalue weighted by Gasteiger charge is 2.33. The molecule has 2 N–H and O–H groups in total. The lowest BCUT2D eigenvalue weighted by Crippen LogP contribution is -2.53. The third-order valence-corrected chi connectivity index (χ3v) is 5.93. The molecule has 152 valence electrons. The molecule has 2 aromatic rings. The van der Waals surface area contributed by atoms with Crippen LogP contribution in [-0.2, 0) is 17.9 Å². The molecule has 0 aliphatic heterocycles. The first-order chi connectivity index (χ1) is 13.4. The number of aryl methyl sites for hydroxylation is 2. The topological polar surface area (TPSA) is 70.4 Å². The summed E-state index contributed by atoms with van der Waals surface area (Å²) >= 11 is 0. The lowest BCUT2D eigenvalue weighted by molar-refractivity contribution is -0.139. The minimum absolute atomic E-state index is 0.137. The van der Waals surface area contributed by atoms with Crippen molar-refractivity contribution >= 4 is 5.97 Å². The van der Waals surface area contributed by atoms with Gasteiger partial charge >= 0.3 is 5.97 Å². The number of aliphatic carboxylic acids is 1. The highest BCUT2D eigenvalue weighted by molar-refractivity contribution is 5.69. The molecular weight excluding hydrogens is 352 g/mol. The van der Waals surface area contributed by atoms with Crippen LogP contribution in [0.5, 0.6) is 0 Å². The van der Waals surface area contributed by atoms with Crippen molar-refractivity contribution < 1.29 is 9.90 Å².